The number of sulfonamides is 1. The molecule has 0 radical (unpaired) electrons. The van der Waals surface area contributed by atoms with Gasteiger partial charge in [0.25, 0.3) is 10.0 Å². The Kier molecular flexibility index (Phi) is 6.64. The van der Waals surface area contributed by atoms with Gasteiger partial charge in [0.2, 0.25) is 5.91 Å². The second-order valence-electron chi connectivity index (χ2n) is 7.00. The Labute approximate surface area is 185 Å². The van der Waals surface area contributed by atoms with Gasteiger partial charge >= 0.3 is 0 Å². The Morgan fingerprint density at radius 1 is 1.16 bits per heavy atom. The summed E-state index contributed by atoms with van der Waals surface area (Å²) in [5, 5.41) is 6.47. The molecule has 0 bridgehead atoms. The molecule has 2 N–H and O–H groups in total. The van der Waals surface area contributed by atoms with Gasteiger partial charge in [0, 0.05) is 6.92 Å². The van der Waals surface area contributed by atoms with E-state index in [1.54, 1.807) is 32.1 Å². The molecule has 3 aromatic rings. The standard InChI is InChI=1S/C22H22FN3O5S/c1-13-5-8-17(12-18(13)23)26-32(28,29)21-11-16(6-9-19(21)30-4)7-10-20-22(24-15(3)27)14(2)25-31-20/h5-12,26H,1-4H3,(H,24,27). The maximum atomic E-state index is 13.8. The molecule has 10 heteroatoms. The fourth-order valence-electron chi connectivity index (χ4n) is 2.87. The first kappa shape index (κ1) is 23.0. The molecule has 0 saturated carbocycles. The van der Waals surface area contributed by atoms with E-state index < -0.39 is 15.8 Å². The zero-order chi connectivity index (χ0) is 23.5. The maximum Gasteiger partial charge on any atom is 0.265 e. The summed E-state index contributed by atoms with van der Waals surface area (Å²) >= 11 is 0. The lowest BCUT2D eigenvalue weighted by molar-refractivity contribution is -0.114. The minimum absolute atomic E-state index is 0.0909. The van der Waals surface area contributed by atoms with Crippen LogP contribution in [0.3, 0.4) is 0 Å². The largest absolute Gasteiger partial charge is 0.495 e. The number of benzene rings is 2. The summed E-state index contributed by atoms with van der Waals surface area (Å²) in [4.78, 5) is 11.3. The van der Waals surface area contributed by atoms with Gasteiger partial charge in [-0.1, -0.05) is 23.4 Å². The number of anilines is 2. The van der Waals surface area contributed by atoms with Crippen molar-refractivity contribution in [3.63, 3.8) is 0 Å². The van der Waals surface area contributed by atoms with Gasteiger partial charge in [-0.3, -0.25) is 9.52 Å². The van der Waals surface area contributed by atoms with Gasteiger partial charge in [-0.15, -0.1) is 0 Å². The fraction of sp³-hybridized carbons (Fsp3) is 0.182. The van der Waals surface area contributed by atoms with Gasteiger partial charge in [-0.25, -0.2) is 12.8 Å². The SMILES string of the molecule is COc1ccc(C=Cc2onc(C)c2NC(C)=O)cc1S(=O)(=O)Nc1ccc(C)c(F)c1. The van der Waals surface area contributed by atoms with Crippen molar-refractivity contribution in [1.29, 1.82) is 0 Å². The maximum absolute atomic E-state index is 13.8. The normalized spacial score (nSPS) is 11.5. The number of hydrogen-bond acceptors (Lipinski definition) is 6. The molecule has 0 unspecified atom stereocenters. The summed E-state index contributed by atoms with van der Waals surface area (Å²) in [6.45, 7) is 4.64. The Balaban J connectivity index is 1.94. The van der Waals surface area contributed by atoms with Gasteiger partial charge in [0.15, 0.2) is 5.76 Å². The third kappa shape index (κ3) is 5.14. The molecule has 0 saturated heterocycles. The Hall–Kier alpha value is -3.66. The van der Waals surface area contributed by atoms with Crippen molar-refractivity contribution in [2.45, 2.75) is 25.7 Å². The Bertz CT molecular complexity index is 1300. The molecule has 0 spiro atoms. The van der Waals surface area contributed by atoms with Gasteiger partial charge in [0.05, 0.1) is 12.8 Å². The van der Waals surface area contributed by atoms with Crippen molar-refractivity contribution in [3.05, 3.63) is 64.8 Å². The molecule has 0 aliphatic carbocycles. The average Bonchev–Trinajstić information content (AvgIpc) is 3.07. The molecular weight excluding hydrogens is 437 g/mol. The number of methoxy groups -OCH3 is 1. The summed E-state index contributed by atoms with van der Waals surface area (Å²) in [6.07, 6.45) is 3.17. The predicted octanol–water partition coefficient (Wildman–Crippen LogP) is 4.37. The van der Waals surface area contributed by atoms with Crippen LogP contribution in [0.2, 0.25) is 0 Å². The number of aryl methyl sites for hydroxylation is 2. The third-order valence-electron chi connectivity index (χ3n) is 4.52. The number of carbonyl (C=O) groups excluding carboxylic acids is 1. The highest BCUT2D eigenvalue weighted by Gasteiger charge is 2.21. The number of halogens is 1. The van der Waals surface area contributed by atoms with Gasteiger partial charge < -0.3 is 14.6 Å². The summed E-state index contributed by atoms with van der Waals surface area (Å²) in [7, 11) is -2.73. The Morgan fingerprint density at radius 3 is 2.56 bits per heavy atom. The topological polar surface area (TPSA) is 111 Å². The molecule has 0 atom stereocenters. The van der Waals surface area contributed by atoms with Crippen LogP contribution < -0.4 is 14.8 Å². The Morgan fingerprint density at radius 2 is 1.91 bits per heavy atom. The van der Waals surface area contributed by atoms with E-state index in [1.807, 2.05) is 0 Å². The highest BCUT2D eigenvalue weighted by atomic mass is 32.2. The molecular formula is C22H22FN3O5S. The summed E-state index contributed by atoms with van der Waals surface area (Å²) in [6, 6.07) is 8.63. The number of rotatable bonds is 7. The van der Waals surface area contributed by atoms with E-state index >= 15 is 0 Å². The fourth-order valence-corrected chi connectivity index (χ4v) is 4.13. The van der Waals surface area contributed by atoms with Crippen LogP contribution in [0.1, 0.15) is 29.5 Å². The van der Waals surface area contributed by atoms with Gasteiger partial charge in [-0.2, -0.15) is 0 Å². The van der Waals surface area contributed by atoms with Crippen LogP contribution in [0.25, 0.3) is 12.2 Å². The number of carbonyl (C=O) groups is 1. The number of ether oxygens (including phenoxy) is 1. The van der Waals surface area contributed by atoms with Crippen LogP contribution in [-0.2, 0) is 14.8 Å². The third-order valence-corrected chi connectivity index (χ3v) is 5.92. The number of aromatic nitrogens is 1. The van der Waals surface area contributed by atoms with E-state index in [1.165, 1.54) is 38.3 Å². The molecule has 168 valence electrons. The summed E-state index contributed by atoms with van der Waals surface area (Å²) in [5.41, 5.74) is 1.95. The van der Waals surface area contributed by atoms with E-state index in [9.17, 15) is 17.6 Å². The first-order valence-electron chi connectivity index (χ1n) is 9.49. The van der Waals surface area contributed by atoms with Gasteiger partial charge in [-0.05, 0) is 55.3 Å². The minimum Gasteiger partial charge on any atom is -0.495 e. The number of nitrogens with one attached hydrogen (secondary N) is 2. The lowest BCUT2D eigenvalue weighted by atomic mass is 10.2. The highest BCUT2D eigenvalue weighted by molar-refractivity contribution is 7.92. The van der Waals surface area contributed by atoms with Crippen LogP contribution in [0, 0.1) is 19.7 Å². The van der Waals surface area contributed by atoms with Crippen LogP contribution in [0.4, 0.5) is 15.8 Å². The van der Waals surface area contributed by atoms with E-state index in [4.69, 9.17) is 9.26 Å². The molecule has 0 aliphatic rings. The lowest BCUT2D eigenvalue weighted by Crippen LogP contribution is -2.14. The van der Waals surface area contributed by atoms with Crippen molar-refractivity contribution in [2.24, 2.45) is 0 Å². The van der Waals surface area contributed by atoms with Crippen LogP contribution >= 0.6 is 0 Å². The second-order valence-corrected chi connectivity index (χ2v) is 8.65. The monoisotopic (exact) mass is 459 g/mol. The molecule has 2 aromatic carbocycles. The van der Waals surface area contributed by atoms with Crippen LogP contribution in [0.5, 0.6) is 5.75 Å². The summed E-state index contributed by atoms with van der Waals surface area (Å²) in [5.74, 6) is -0.364. The number of nitrogens with zero attached hydrogens (tertiary/aromatic N) is 1. The summed E-state index contributed by atoms with van der Waals surface area (Å²) < 4.78 is 52.6. The average molecular weight is 459 g/mol. The molecule has 0 fully saturated rings. The van der Waals surface area contributed by atoms with Crippen molar-refractivity contribution in [1.82, 2.24) is 5.16 Å². The quantitative estimate of drug-likeness (QED) is 0.543. The van der Waals surface area contributed by atoms with E-state index in [0.29, 0.717) is 28.3 Å². The second kappa shape index (κ2) is 9.23. The number of amides is 1. The predicted molar refractivity (Wildman–Crippen MR) is 119 cm³/mol. The molecule has 32 heavy (non-hydrogen) atoms. The zero-order valence-electron chi connectivity index (χ0n) is 17.9. The van der Waals surface area contributed by atoms with Gasteiger partial charge in [0.1, 0.15) is 27.8 Å². The van der Waals surface area contributed by atoms with E-state index in [2.05, 4.69) is 15.2 Å². The first-order valence-corrected chi connectivity index (χ1v) is 11.0. The van der Waals surface area contributed by atoms with Crippen molar-refractivity contribution < 1.29 is 26.9 Å². The highest BCUT2D eigenvalue weighted by Crippen LogP contribution is 2.29. The first-order chi connectivity index (χ1) is 15.1. The van der Waals surface area contributed by atoms with E-state index in [0.717, 1.165) is 6.07 Å². The molecule has 1 heterocycles. The van der Waals surface area contributed by atoms with Crippen molar-refractivity contribution in [3.8, 4) is 5.75 Å². The number of hydrogen-bond donors (Lipinski definition) is 2. The van der Waals surface area contributed by atoms with Crippen LogP contribution in [0.15, 0.2) is 45.8 Å². The molecule has 1 amide bonds. The molecule has 0 aliphatic heterocycles. The van der Waals surface area contributed by atoms with Crippen molar-refractivity contribution >= 4 is 39.5 Å². The lowest BCUT2D eigenvalue weighted by Gasteiger charge is -2.13. The smallest absolute Gasteiger partial charge is 0.265 e. The molecule has 3 rings (SSSR count). The molecule has 8 nitrogen and oxygen atoms in total. The molecule has 1 aromatic heterocycles. The minimum atomic E-state index is -4.08. The van der Waals surface area contributed by atoms with E-state index in [-0.39, 0.29) is 22.2 Å². The van der Waals surface area contributed by atoms with Crippen molar-refractivity contribution in [2.75, 3.05) is 17.1 Å². The zero-order valence-corrected chi connectivity index (χ0v) is 18.7. The van der Waals surface area contributed by atoms with Crippen LogP contribution in [-0.4, -0.2) is 26.6 Å².